The molecule has 4 heteroatoms. The van der Waals surface area contributed by atoms with E-state index in [2.05, 4.69) is 25.1 Å². The summed E-state index contributed by atoms with van der Waals surface area (Å²) in [5, 5.41) is 9.43. The summed E-state index contributed by atoms with van der Waals surface area (Å²) in [4.78, 5) is 16.4. The normalized spacial score (nSPS) is 19.1. The molecule has 24 heavy (non-hydrogen) atoms. The summed E-state index contributed by atoms with van der Waals surface area (Å²) in [6.45, 7) is 2.73. The van der Waals surface area contributed by atoms with Gasteiger partial charge in [-0.2, -0.15) is 0 Å². The van der Waals surface area contributed by atoms with E-state index in [1.807, 2.05) is 17.0 Å². The van der Waals surface area contributed by atoms with Crippen LogP contribution < -0.4 is 0 Å². The van der Waals surface area contributed by atoms with Crippen molar-refractivity contribution in [3.8, 4) is 5.75 Å². The molecule has 0 saturated heterocycles. The number of benzene rings is 2. The molecule has 1 heterocycles. The van der Waals surface area contributed by atoms with Gasteiger partial charge in [0.15, 0.2) is 0 Å². The Morgan fingerprint density at radius 2 is 1.96 bits per heavy atom. The molecule has 2 aliphatic rings. The van der Waals surface area contributed by atoms with Crippen molar-refractivity contribution in [2.75, 3.05) is 0 Å². The van der Waals surface area contributed by atoms with E-state index in [9.17, 15) is 9.90 Å². The monoisotopic (exact) mass is 339 g/mol. The molecule has 1 saturated carbocycles. The molecule has 1 atom stereocenters. The number of hydrogen-bond donors (Lipinski definition) is 1. The Labute approximate surface area is 146 Å². The van der Waals surface area contributed by atoms with Gasteiger partial charge in [-0.05, 0) is 55.5 Å². The van der Waals surface area contributed by atoms with Crippen molar-refractivity contribution in [2.45, 2.75) is 48.9 Å². The standard InChI is InChI=1S/C20H21NO2S/c1-13-2-5-15-11-19(24-18(15)10-13)20(23)21(16-6-7-16)12-14-3-8-17(22)9-4-14/h2-5,8-10,16,19,22H,6-7,11-12H2,1H3. The number of carbonyl (C=O) groups excluding carboxylic acids is 1. The number of thioether (sulfide) groups is 1. The predicted molar refractivity (Wildman–Crippen MR) is 96.2 cm³/mol. The van der Waals surface area contributed by atoms with Crippen molar-refractivity contribution in [3.63, 3.8) is 0 Å². The first-order chi connectivity index (χ1) is 11.6. The number of aryl methyl sites for hydroxylation is 1. The molecule has 1 amide bonds. The summed E-state index contributed by atoms with van der Waals surface area (Å²) in [5.41, 5.74) is 3.62. The van der Waals surface area contributed by atoms with Gasteiger partial charge in [0.2, 0.25) is 5.91 Å². The number of nitrogens with zero attached hydrogens (tertiary/aromatic N) is 1. The summed E-state index contributed by atoms with van der Waals surface area (Å²) in [6, 6.07) is 14.0. The molecule has 124 valence electrons. The lowest BCUT2D eigenvalue weighted by molar-refractivity contribution is -0.131. The minimum absolute atomic E-state index is 0.000449. The largest absolute Gasteiger partial charge is 0.508 e. The third kappa shape index (κ3) is 3.16. The highest BCUT2D eigenvalue weighted by Crippen LogP contribution is 2.40. The first-order valence-corrected chi connectivity index (χ1v) is 9.33. The third-order valence-electron chi connectivity index (χ3n) is 4.73. The third-order valence-corrected chi connectivity index (χ3v) is 6.02. The second-order valence-corrected chi connectivity index (χ2v) is 8.03. The van der Waals surface area contributed by atoms with Gasteiger partial charge < -0.3 is 10.0 Å². The Balaban J connectivity index is 1.50. The van der Waals surface area contributed by atoms with Crippen molar-refractivity contribution < 1.29 is 9.90 Å². The van der Waals surface area contributed by atoms with Crippen molar-refractivity contribution >= 4 is 17.7 Å². The minimum Gasteiger partial charge on any atom is -0.508 e. The van der Waals surface area contributed by atoms with Crippen LogP contribution in [0.4, 0.5) is 0 Å². The highest BCUT2D eigenvalue weighted by Gasteiger charge is 2.38. The molecule has 1 aliphatic carbocycles. The molecular formula is C20H21NO2S. The molecular weight excluding hydrogens is 318 g/mol. The van der Waals surface area contributed by atoms with Crippen LogP contribution in [0.5, 0.6) is 5.75 Å². The molecule has 0 bridgehead atoms. The first kappa shape index (κ1) is 15.6. The number of rotatable bonds is 4. The summed E-state index contributed by atoms with van der Waals surface area (Å²) < 4.78 is 0. The van der Waals surface area contributed by atoms with E-state index in [1.165, 1.54) is 16.0 Å². The van der Waals surface area contributed by atoms with E-state index >= 15 is 0 Å². The fourth-order valence-electron chi connectivity index (χ4n) is 3.23. The first-order valence-electron chi connectivity index (χ1n) is 8.45. The molecule has 0 radical (unpaired) electrons. The van der Waals surface area contributed by atoms with Crippen molar-refractivity contribution in [2.24, 2.45) is 0 Å². The highest BCUT2D eigenvalue weighted by molar-refractivity contribution is 8.01. The average Bonchev–Trinajstić information content (AvgIpc) is 3.32. The van der Waals surface area contributed by atoms with Gasteiger partial charge in [0.05, 0.1) is 5.25 Å². The fourth-order valence-corrected chi connectivity index (χ4v) is 4.59. The van der Waals surface area contributed by atoms with Crippen LogP contribution in [0.2, 0.25) is 0 Å². The quantitative estimate of drug-likeness (QED) is 0.918. The van der Waals surface area contributed by atoms with Crippen LogP contribution in [0.1, 0.15) is 29.5 Å². The summed E-state index contributed by atoms with van der Waals surface area (Å²) in [7, 11) is 0. The fraction of sp³-hybridized carbons (Fsp3) is 0.350. The summed E-state index contributed by atoms with van der Waals surface area (Å²) >= 11 is 1.71. The highest BCUT2D eigenvalue weighted by atomic mass is 32.2. The molecule has 1 unspecified atom stereocenters. The zero-order valence-electron chi connectivity index (χ0n) is 13.7. The zero-order valence-corrected chi connectivity index (χ0v) is 14.6. The molecule has 2 aromatic carbocycles. The second-order valence-electron chi connectivity index (χ2n) is 6.79. The molecule has 1 N–H and O–H groups in total. The minimum atomic E-state index is -0.000449. The van der Waals surface area contributed by atoms with Gasteiger partial charge in [0.1, 0.15) is 5.75 Å². The molecule has 0 aromatic heterocycles. The number of hydrogen-bond acceptors (Lipinski definition) is 3. The second kappa shape index (κ2) is 6.17. The maximum absolute atomic E-state index is 13.1. The molecule has 3 nitrogen and oxygen atoms in total. The average molecular weight is 339 g/mol. The van der Waals surface area contributed by atoms with E-state index in [1.54, 1.807) is 23.9 Å². The predicted octanol–water partition coefficient (Wildman–Crippen LogP) is 3.91. The lowest BCUT2D eigenvalue weighted by atomic mass is 10.1. The van der Waals surface area contributed by atoms with E-state index in [4.69, 9.17) is 0 Å². The number of phenols is 1. The van der Waals surface area contributed by atoms with E-state index in [0.717, 1.165) is 24.8 Å². The Bertz CT molecular complexity index is 768. The molecule has 4 rings (SSSR count). The smallest absolute Gasteiger partial charge is 0.236 e. The van der Waals surface area contributed by atoms with E-state index in [0.29, 0.717) is 12.6 Å². The number of carbonyl (C=O) groups is 1. The van der Waals surface area contributed by atoms with Crippen LogP contribution in [0.25, 0.3) is 0 Å². The Hall–Kier alpha value is -1.94. The van der Waals surface area contributed by atoms with Gasteiger partial charge in [-0.1, -0.05) is 29.8 Å². The van der Waals surface area contributed by atoms with Gasteiger partial charge in [0, 0.05) is 17.5 Å². The van der Waals surface area contributed by atoms with Crippen LogP contribution in [-0.2, 0) is 17.8 Å². The van der Waals surface area contributed by atoms with E-state index in [-0.39, 0.29) is 16.9 Å². The van der Waals surface area contributed by atoms with Crippen molar-refractivity contribution in [1.82, 2.24) is 4.90 Å². The van der Waals surface area contributed by atoms with Crippen LogP contribution in [0.3, 0.4) is 0 Å². The van der Waals surface area contributed by atoms with Crippen LogP contribution in [-0.4, -0.2) is 27.2 Å². The van der Waals surface area contributed by atoms with Crippen LogP contribution >= 0.6 is 11.8 Å². The van der Waals surface area contributed by atoms with Crippen molar-refractivity contribution in [3.05, 3.63) is 59.2 Å². The van der Waals surface area contributed by atoms with E-state index < -0.39 is 0 Å². The Kier molecular flexibility index (Phi) is 4.01. The summed E-state index contributed by atoms with van der Waals surface area (Å²) in [5.74, 6) is 0.518. The van der Waals surface area contributed by atoms with Gasteiger partial charge in [-0.15, -0.1) is 11.8 Å². The lowest BCUT2D eigenvalue weighted by Gasteiger charge is -2.25. The van der Waals surface area contributed by atoms with Gasteiger partial charge in [-0.3, -0.25) is 4.79 Å². The number of fused-ring (bicyclic) bond motifs is 1. The topological polar surface area (TPSA) is 40.5 Å². The molecule has 2 aromatic rings. The summed E-state index contributed by atoms with van der Waals surface area (Å²) in [6.07, 6.45) is 3.04. The number of aromatic hydroxyl groups is 1. The van der Waals surface area contributed by atoms with Crippen LogP contribution in [0, 0.1) is 6.92 Å². The van der Waals surface area contributed by atoms with Gasteiger partial charge >= 0.3 is 0 Å². The maximum atomic E-state index is 13.1. The lowest BCUT2D eigenvalue weighted by Crippen LogP contribution is -2.38. The van der Waals surface area contributed by atoms with Gasteiger partial charge in [-0.25, -0.2) is 0 Å². The molecule has 0 spiro atoms. The Morgan fingerprint density at radius 1 is 1.21 bits per heavy atom. The SMILES string of the molecule is Cc1ccc2c(c1)SC(C(=O)N(Cc1ccc(O)cc1)C1CC1)C2. The van der Waals surface area contributed by atoms with Crippen molar-refractivity contribution in [1.29, 1.82) is 0 Å². The zero-order chi connectivity index (χ0) is 16.7. The van der Waals surface area contributed by atoms with Gasteiger partial charge in [0.25, 0.3) is 0 Å². The number of phenolic OH excluding ortho intramolecular Hbond substituents is 1. The number of amides is 1. The molecule has 1 fully saturated rings. The molecule has 1 aliphatic heterocycles. The Morgan fingerprint density at radius 3 is 2.67 bits per heavy atom. The maximum Gasteiger partial charge on any atom is 0.236 e. The van der Waals surface area contributed by atoms with Crippen LogP contribution in [0.15, 0.2) is 47.4 Å².